The highest BCUT2D eigenvalue weighted by Gasteiger charge is 2.28. The van der Waals surface area contributed by atoms with Crippen molar-refractivity contribution < 1.29 is 23.1 Å². The molecule has 178 valence electrons. The summed E-state index contributed by atoms with van der Waals surface area (Å²) in [6, 6.07) is 8.63. The number of aromatic nitrogens is 2. The topological polar surface area (TPSA) is 125 Å². The van der Waals surface area contributed by atoms with Gasteiger partial charge in [-0.05, 0) is 37.1 Å². The van der Waals surface area contributed by atoms with Gasteiger partial charge in [0.25, 0.3) is 11.8 Å². The van der Waals surface area contributed by atoms with Crippen LogP contribution in [0.5, 0.6) is 5.75 Å². The van der Waals surface area contributed by atoms with E-state index in [0.29, 0.717) is 5.75 Å². The molecule has 5 N–H and O–H groups in total. The average Bonchev–Trinajstić information content (AvgIpc) is 3.46. The van der Waals surface area contributed by atoms with Gasteiger partial charge in [0.15, 0.2) is 0 Å². The fraction of sp³-hybridized carbons (Fsp3) is 0.292. The Kier molecular flexibility index (Phi) is 6.49. The van der Waals surface area contributed by atoms with Gasteiger partial charge in [0.05, 0.1) is 18.7 Å². The van der Waals surface area contributed by atoms with E-state index in [1.165, 1.54) is 11.8 Å². The number of primary amides is 1. The number of amides is 2. The van der Waals surface area contributed by atoms with Gasteiger partial charge in [-0.25, -0.2) is 13.5 Å². The Morgan fingerprint density at radius 1 is 1.18 bits per heavy atom. The highest BCUT2D eigenvalue weighted by Crippen LogP contribution is 2.36. The van der Waals surface area contributed by atoms with Crippen molar-refractivity contribution in [1.82, 2.24) is 15.1 Å². The van der Waals surface area contributed by atoms with Gasteiger partial charge in [-0.15, -0.1) is 0 Å². The van der Waals surface area contributed by atoms with Gasteiger partial charge < -0.3 is 21.5 Å². The Morgan fingerprint density at radius 2 is 1.82 bits per heavy atom. The van der Waals surface area contributed by atoms with Crippen molar-refractivity contribution in [3.8, 4) is 17.0 Å². The molecule has 4 rings (SSSR count). The van der Waals surface area contributed by atoms with Crippen LogP contribution < -0.4 is 21.5 Å². The van der Waals surface area contributed by atoms with E-state index in [4.69, 9.17) is 16.2 Å². The lowest BCUT2D eigenvalue weighted by Gasteiger charge is -2.12. The molecular weight excluding hydrogens is 444 g/mol. The first-order valence-electron chi connectivity index (χ1n) is 10.9. The monoisotopic (exact) mass is 469 g/mol. The maximum Gasteiger partial charge on any atom is 0.255 e. The summed E-state index contributed by atoms with van der Waals surface area (Å²) in [5.41, 5.74) is 11.6. The summed E-state index contributed by atoms with van der Waals surface area (Å²) in [6.45, 7) is -0.393. The van der Waals surface area contributed by atoms with Gasteiger partial charge in [0.2, 0.25) is 0 Å². The Balaban J connectivity index is 1.62. The lowest BCUT2D eigenvalue weighted by atomic mass is 10.0. The number of halogens is 2. The molecular formula is C24H25F2N5O3. The van der Waals surface area contributed by atoms with Crippen LogP contribution >= 0.6 is 0 Å². The Labute approximate surface area is 194 Å². The molecule has 0 bridgehead atoms. The number of carbonyl (C=O) groups excluding carboxylic acids is 2. The minimum atomic E-state index is -0.903. The maximum atomic E-state index is 14.9. The fourth-order valence-electron chi connectivity index (χ4n) is 4.32. The zero-order valence-corrected chi connectivity index (χ0v) is 18.6. The molecule has 1 heterocycles. The predicted octanol–water partition coefficient (Wildman–Crippen LogP) is 3.56. The van der Waals surface area contributed by atoms with E-state index in [9.17, 15) is 18.4 Å². The third kappa shape index (κ3) is 4.30. The highest BCUT2D eigenvalue weighted by atomic mass is 19.1. The number of rotatable bonds is 7. The van der Waals surface area contributed by atoms with E-state index < -0.39 is 30.0 Å². The molecule has 0 unspecified atom stereocenters. The zero-order chi connectivity index (χ0) is 24.4. The summed E-state index contributed by atoms with van der Waals surface area (Å²) in [5, 5.41) is 6.90. The van der Waals surface area contributed by atoms with E-state index in [0.717, 1.165) is 37.8 Å². The van der Waals surface area contributed by atoms with E-state index in [1.807, 2.05) is 0 Å². The van der Waals surface area contributed by atoms with Crippen LogP contribution in [0.1, 0.15) is 58.0 Å². The summed E-state index contributed by atoms with van der Waals surface area (Å²) in [6.07, 6.45) is 3.70. The van der Waals surface area contributed by atoms with Crippen molar-refractivity contribution in [3.05, 3.63) is 64.7 Å². The molecule has 8 nitrogen and oxygen atoms in total. The second kappa shape index (κ2) is 9.50. The van der Waals surface area contributed by atoms with Crippen LogP contribution in [0.15, 0.2) is 36.4 Å². The van der Waals surface area contributed by atoms with Crippen molar-refractivity contribution in [2.24, 2.45) is 5.73 Å². The number of ether oxygens (including phenoxy) is 1. The molecule has 3 aromatic rings. The normalized spacial score (nSPS) is 13.7. The highest BCUT2D eigenvalue weighted by molar-refractivity contribution is 6.03. The molecule has 10 heteroatoms. The number of nitrogens with zero attached hydrogens (tertiary/aromatic N) is 2. The van der Waals surface area contributed by atoms with Gasteiger partial charge in [0, 0.05) is 17.7 Å². The SMILES string of the molecule is COc1ccccc1C(=O)NCc1c(F)cc(-c2nn(C3CCCC3)c(N)c2C(N)=O)cc1F. The minimum Gasteiger partial charge on any atom is -0.496 e. The third-order valence-electron chi connectivity index (χ3n) is 6.06. The van der Waals surface area contributed by atoms with Gasteiger partial charge in [-0.3, -0.25) is 9.59 Å². The third-order valence-corrected chi connectivity index (χ3v) is 6.06. The Morgan fingerprint density at radius 3 is 2.44 bits per heavy atom. The van der Waals surface area contributed by atoms with Crippen LogP contribution in [0, 0.1) is 11.6 Å². The molecule has 0 spiro atoms. The number of para-hydroxylation sites is 1. The number of methoxy groups -OCH3 is 1. The standard InChI is InChI=1S/C24H25F2N5O3/c1-34-19-9-5-4-8-15(19)24(33)29-12-16-17(25)10-13(11-18(16)26)21-20(23(28)32)22(27)31(30-21)14-6-2-3-7-14/h4-5,8-11,14H,2-3,6-7,12,27H2,1H3,(H2,28,32)(H,29,33). The molecule has 1 fully saturated rings. The van der Waals surface area contributed by atoms with Crippen LogP contribution in [0.25, 0.3) is 11.3 Å². The van der Waals surface area contributed by atoms with Gasteiger partial charge in [0.1, 0.15) is 34.5 Å². The number of anilines is 1. The lowest BCUT2D eigenvalue weighted by Crippen LogP contribution is -2.24. The van der Waals surface area contributed by atoms with Gasteiger partial charge in [-0.1, -0.05) is 25.0 Å². The van der Waals surface area contributed by atoms with Crippen molar-refractivity contribution in [1.29, 1.82) is 0 Å². The molecule has 0 saturated heterocycles. The second-order valence-corrected chi connectivity index (χ2v) is 8.16. The number of nitrogens with one attached hydrogen (secondary N) is 1. The smallest absolute Gasteiger partial charge is 0.255 e. The molecule has 0 atom stereocenters. The summed E-state index contributed by atoms with van der Waals surface area (Å²) >= 11 is 0. The molecule has 2 amide bonds. The van der Waals surface area contributed by atoms with E-state index in [2.05, 4.69) is 10.4 Å². The van der Waals surface area contributed by atoms with Crippen LogP contribution in [0.3, 0.4) is 0 Å². The molecule has 0 radical (unpaired) electrons. The quantitative estimate of drug-likeness (QED) is 0.488. The van der Waals surface area contributed by atoms with E-state index in [1.54, 1.807) is 24.3 Å². The summed E-state index contributed by atoms with van der Waals surface area (Å²) in [5.74, 6) is -2.75. The predicted molar refractivity (Wildman–Crippen MR) is 122 cm³/mol. The van der Waals surface area contributed by atoms with E-state index >= 15 is 0 Å². The first kappa shape index (κ1) is 23.2. The Bertz CT molecular complexity index is 1230. The van der Waals surface area contributed by atoms with Crippen LogP contribution in [-0.2, 0) is 6.54 Å². The second-order valence-electron chi connectivity index (χ2n) is 8.16. The first-order valence-corrected chi connectivity index (χ1v) is 10.9. The van der Waals surface area contributed by atoms with Crippen molar-refractivity contribution in [2.75, 3.05) is 12.8 Å². The van der Waals surface area contributed by atoms with Gasteiger partial charge in [-0.2, -0.15) is 5.10 Å². The van der Waals surface area contributed by atoms with Crippen LogP contribution in [-0.4, -0.2) is 28.7 Å². The molecule has 1 aliphatic rings. The van der Waals surface area contributed by atoms with Crippen LogP contribution in [0.4, 0.5) is 14.6 Å². The molecule has 1 saturated carbocycles. The van der Waals surface area contributed by atoms with Crippen LogP contribution in [0.2, 0.25) is 0 Å². The number of carbonyl (C=O) groups is 2. The number of nitrogen functional groups attached to an aromatic ring is 1. The van der Waals surface area contributed by atoms with Gasteiger partial charge >= 0.3 is 0 Å². The van der Waals surface area contributed by atoms with E-state index in [-0.39, 0.29) is 39.8 Å². The molecule has 34 heavy (non-hydrogen) atoms. The minimum absolute atomic E-state index is 0.00556. The van der Waals surface area contributed by atoms with Crippen molar-refractivity contribution >= 4 is 17.6 Å². The number of hydrogen-bond acceptors (Lipinski definition) is 5. The zero-order valence-electron chi connectivity index (χ0n) is 18.6. The fourth-order valence-corrected chi connectivity index (χ4v) is 4.32. The summed E-state index contributed by atoms with van der Waals surface area (Å²) in [4.78, 5) is 24.6. The molecule has 1 aromatic heterocycles. The summed E-state index contributed by atoms with van der Waals surface area (Å²) < 4.78 is 36.5. The lowest BCUT2D eigenvalue weighted by molar-refractivity contribution is 0.0946. The maximum absolute atomic E-state index is 14.9. The first-order chi connectivity index (χ1) is 16.3. The molecule has 2 aromatic carbocycles. The molecule has 1 aliphatic carbocycles. The largest absolute Gasteiger partial charge is 0.496 e. The number of benzene rings is 2. The number of hydrogen-bond donors (Lipinski definition) is 3. The Hall–Kier alpha value is -3.95. The van der Waals surface area contributed by atoms with Crippen molar-refractivity contribution in [2.45, 2.75) is 38.3 Å². The van der Waals surface area contributed by atoms with Crippen molar-refractivity contribution in [3.63, 3.8) is 0 Å². The average molecular weight is 469 g/mol. The number of nitrogens with two attached hydrogens (primary N) is 2. The summed E-state index contributed by atoms with van der Waals surface area (Å²) in [7, 11) is 1.42. The molecule has 0 aliphatic heterocycles.